The first kappa shape index (κ1) is 22.8. The van der Waals surface area contributed by atoms with Gasteiger partial charge in [-0.05, 0) is 27.7 Å². The van der Waals surface area contributed by atoms with Crippen molar-refractivity contribution < 1.29 is 23.9 Å². The molecule has 0 heterocycles. The van der Waals surface area contributed by atoms with E-state index >= 15 is 0 Å². The van der Waals surface area contributed by atoms with Crippen LogP contribution in [-0.4, -0.2) is 62.0 Å². The Bertz CT molecular complexity index is 412. The lowest BCUT2D eigenvalue weighted by Gasteiger charge is -2.10. The molecule has 0 aromatic carbocycles. The van der Waals surface area contributed by atoms with E-state index in [9.17, 15) is 19.2 Å². The number of hydrogen-bond donors (Lipinski definition) is 4. The molecule has 0 rings (SSSR count). The van der Waals surface area contributed by atoms with Gasteiger partial charge in [-0.1, -0.05) is 0 Å². The van der Waals surface area contributed by atoms with E-state index in [4.69, 9.17) is 4.74 Å². The predicted octanol–water partition coefficient (Wildman–Crippen LogP) is -0.935. The van der Waals surface area contributed by atoms with Crippen LogP contribution in [0.1, 0.15) is 40.5 Å². The second-order valence-corrected chi connectivity index (χ2v) is 6.11. The molecule has 0 saturated carbocycles. The molecule has 4 N–H and O–H groups in total. The molecule has 0 aliphatic heterocycles. The molecule has 0 spiro atoms. The summed E-state index contributed by atoms with van der Waals surface area (Å²) in [4.78, 5) is 45.7. The summed E-state index contributed by atoms with van der Waals surface area (Å²) < 4.78 is 5.24. The lowest BCUT2D eigenvalue weighted by Crippen LogP contribution is -2.37. The van der Waals surface area contributed by atoms with Crippen LogP contribution in [0.15, 0.2) is 0 Å². The summed E-state index contributed by atoms with van der Waals surface area (Å²) in [5.74, 6) is -1.38. The zero-order chi connectivity index (χ0) is 19.2. The van der Waals surface area contributed by atoms with E-state index in [0.717, 1.165) is 0 Å². The predicted molar refractivity (Wildman–Crippen MR) is 92.6 cm³/mol. The van der Waals surface area contributed by atoms with Crippen LogP contribution >= 0.6 is 0 Å². The van der Waals surface area contributed by atoms with Gasteiger partial charge in [0.1, 0.15) is 12.8 Å². The summed E-state index contributed by atoms with van der Waals surface area (Å²) in [6.45, 7) is 8.36. The molecule has 0 bridgehead atoms. The van der Waals surface area contributed by atoms with Gasteiger partial charge in [-0.25, -0.2) is 0 Å². The molecule has 144 valence electrons. The molecule has 0 saturated heterocycles. The Morgan fingerprint density at radius 1 is 0.680 bits per heavy atom. The Labute approximate surface area is 148 Å². The highest BCUT2D eigenvalue weighted by Gasteiger charge is 2.10. The van der Waals surface area contributed by atoms with E-state index in [1.54, 1.807) is 0 Å². The average Bonchev–Trinajstić information content (AvgIpc) is 2.43. The fourth-order valence-electron chi connectivity index (χ4n) is 1.79. The first-order valence-corrected chi connectivity index (χ1v) is 8.40. The highest BCUT2D eigenvalue weighted by molar-refractivity contribution is 5.97. The van der Waals surface area contributed by atoms with Crippen molar-refractivity contribution in [3.05, 3.63) is 0 Å². The van der Waals surface area contributed by atoms with E-state index < -0.39 is 0 Å². The molecule has 0 aliphatic carbocycles. The van der Waals surface area contributed by atoms with E-state index in [2.05, 4.69) is 21.3 Å². The van der Waals surface area contributed by atoms with Crippen LogP contribution in [0.4, 0.5) is 0 Å². The van der Waals surface area contributed by atoms with Gasteiger partial charge in [-0.3, -0.25) is 19.2 Å². The normalized spacial score (nSPS) is 10.5. The molecule has 9 nitrogen and oxygen atoms in total. The zero-order valence-electron chi connectivity index (χ0n) is 15.4. The van der Waals surface area contributed by atoms with Crippen molar-refractivity contribution in [3.63, 3.8) is 0 Å². The smallest absolute Gasteiger partial charge is 0.229 e. The van der Waals surface area contributed by atoms with Crippen molar-refractivity contribution in [1.29, 1.82) is 0 Å². The minimum Gasteiger partial charge on any atom is -0.378 e. The Morgan fingerprint density at radius 3 is 1.36 bits per heavy atom. The van der Waals surface area contributed by atoms with Crippen LogP contribution in [0.3, 0.4) is 0 Å². The maximum atomic E-state index is 11.5. The number of ether oxygens (including phenoxy) is 1. The van der Waals surface area contributed by atoms with Crippen molar-refractivity contribution in [2.75, 3.05) is 26.3 Å². The number of rotatable bonds is 12. The molecule has 4 amide bonds. The minimum absolute atomic E-state index is 0.00436. The standard InChI is InChI=1S/C16H30N4O5/c1-11(2)19-15(23)9-13(21)17-5-7-25-8-6-18-14(22)10-16(24)20-12(3)4/h11-12H,5-10H2,1-4H3,(H,17,21)(H,18,22)(H,19,23)(H,20,24). The summed E-state index contributed by atoms with van der Waals surface area (Å²) in [6.07, 6.45) is -0.431. The molecule has 25 heavy (non-hydrogen) atoms. The number of hydrogen-bond acceptors (Lipinski definition) is 5. The second kappa shape index (κ2) is 13.2. The van der Waals surface area contributed by atoms with Gasteiger partial charge in [-0.15, -0.1) is 0 Å². The summed E-state index contributed by atoms with van der Waals surface area (Å²) >= 11 is 0. The molecule has 0 aromatic rings. The molecule has 9 heteroatoms. The molecular formula is C16H30N4O5. The molecule has 0 atom stereocenters. The third kappa shape index (κ3) is 15.1. The van der Waals surface area contributed by atoms with Crippen LogP contribution in [0.5, 0.6) is 0 Å². The topological polar surface area (TPSA) is 126 Å². The Hall–Kier alpha value is -2.16. The second-order valence-electron chi connectivity index (χ2n) is 6.11. The first-order valence-electron chi connectivity index (χ1n) is 8.40. The summed E-state index contributed by atoms with van der Waals surface area (Å²) in [7, 11) is 0. The van der Waals surface area contributed by atoms with Crippen LogP contribution in [0.2, 0.25) is 0 Å². The third-order valence-corrected chi connectivity index (χ3v) is 2.68. The van der Waals surface area contributed by atoms with Crippen LogP contribution < -0.4 is 21.3 Å². The average molecular weight is 358 g/mol. The minimum atomic E-state index is -0.369. The van der Waals surface area contributed by atoms with Gasteiger partial charge >= 0.3 is 0 Å². The van der Waals surface area contributed by atoms with Gasteiger partial charge in [0.25, 0.3) is 0 Å². The lowest BCUT2D eigenvalue weighted by molar-refractivity contribution is -0.131. The number of carbonyl (C=O) groups excluding carboxylic acids is 4. The summed E-state index contributed by atoms with van der Waals surface area (Å²) in [5.41, 5.74) is 0. The zero-order valence-corrected chi connectivity index (χ0v) is 15.4. The van der Waals surface area contributed by atoms with Gasteiger partial charge in [0, 0.05) is 25.2 Å². The lowest BCUT2D eigenvalue weighted by atomic mass is 10.3. The van der Waals surface area contributed by atoms with E-state index in [-0.39, 0.29) is 74.9 Å². The number of nitrogens with one attached hydrogen (secondary N) is 4. The number of carbonyl (C=O) groups is 4. The van der Waals surface area contributed by atoms with Gasteiger partial charge in [0.05, 0.1) is 13.2 Å². The fraction of sp³-hybridized carbons (Fsp3) is 0.750. The quantitative estimate of drug-likeness (QED) is 0.265. The summed E-state index contributed by atoms with van der Waals surface area (Å²) in [6, 6.07) is -0.00872. The molecule has 0 radical (unpaired) electrons. The maximum Gasteiger partial charge on any atom is 0.229 e. The Kier molecular flexibility index (Phi) is 12.0. The molecular weight excluding hydrogens is 328 g/mol. The highest BCUT2D eigenvalue weighted by Crippen LogP contribution is 1.86. The van der Waals surface area contributed by atoms with Crippen molar-refractivity contribution in [3.8, 4) is 0 Å². The summed E-state index contributed by atoms with van der Waals surface area (Å²) in [5, 5.41) is 10.4. The van der Waals surface area contributed by atoms with Gasteiger partial charge in [0.15, 0.2) is 0 Å². The van der Waals surface area contributed by atoms with E-state index in [0.29, 0.717) is 0 Å². The van der Waals surface area contributed by atoms with E-state index in [1.165, 1.54) is 0 Å². The number of amides is 4. The molecule has 0 fully saturated rings. The van der Waals surface area contributed by atoms with Crippen molar-refractivity contribution in [1.82, 2.24) is 21.3 Å². The molecule has 0 aromatic heterocycles. The van der Waals surface area contributed by atoms with Gasteiger partial charge in [0.2, 0.25) is 23.6 Å². The Morgan fingerprint density at radius 2 is 1.04 bits per heavy atom. The third-order valence-electron chi connectivity index (χ3n) is 2.68. The van der Waals surface area contributed by atoms with Crippen molar-refractivity contribution >= 4 is 23.6 Å². The first-order chi connectivity index (χ1) is 11.7. The maximum absolute atomic E-state index is 11.5. The van der Waals surface area contributed by atoms with Gasteiger partial charge < -0.3 is 26.0 Å². The van der Waals surface area contributed by atoms with E-state index in [1.807, 2.05) is 27.7 Å². The van der Waals surface area contributed by atoms with Gasteiger partial charge in [-0.2, -0.15) is 0 Å². The van der Waals surface area contributed by atoms with Crippen LogP contribution in [-0.2, 0) is 23.9 Å². The fourth-order valence-corrected chi connectivity index (χ4v) is 1.79. The SMILES string of the molecule is CC(C)NC(=O)CC(=O)NCCOCCNC(=O)CC(=O)NC(C)C. The van der Waals surface area contributed by atoms with Crippen molar-refractivity contribution in [2.45, 2.75) is 52.6 Å². The van der Waals surface area contributed by atoms with Crippen LogP contribution in [0, 0.1) is 0 Å². The highest BCUT2D eigenvalue weighted by atomic mass is 16.5. The molecule has 0 aliphatic rings. The monoisotopic (exact) mass is 358 g/mol. The Balaban J connectivity index is 3.58. The molecule has 0 unspecified atom stereocenters. The largest absolute Gasteiger partial charge is 0.378 e. The van der Waals surface area contributed by atoms with Crippen molar-refractivity contribution in [2.24, 2.45) is 0 Å². The van der Waals surface area contributed by atoms with Crippen LogP contribution in [0.25, 0.3) is 0 Å².